The van der Waals surface area contributed by atoms with E-state index in [1.165, 1.54) is 6.07 Å². The molecule has 0 unspecified atom stereocenters. The van der Waals surface area contributed by atoms with Gasteiger partial charge in [-0.1, -0.05) is 23.4 Å². The standard InChI is InChI=1S/C22H29F3N4O2/c23-22(24,25)18-5-1-3-16(11-18)12-20-26-21(31-27-20)14-28-9-6-19(7-10-28)29-8-2-4-17(13-29)15-30/h1,3,5,11,17,19,30H,2,4,6-10,12-15H2/t17-/m0/s1. The Morgan fingerprint density at radius 2 is 1.94 bits per heavy atom. The Hall–Kier alpha value is -1.97. The number of hydrogen-bond donors (Lipinski definition) is 1. The number of aliphatic hydroxyl groups excluding tert-OH is 1. The van der Waals surface area contributed by atoms with E-state index in [0.717, 1.165) is 64.0 Å². The van der Waals surface area contributed by atoms with Crippen LogP contribution < -0.4 is 0 Å². The molecule has 1 aromatic heterocycles. The molecule has 4 rings (SSSR count). The number of rotatable bonds is 6. The first-order valence-electron chi connectivity index (χ1n) is 11.0. The molecule has 1 aromatic carbocycles. The molecule has 2 aromatic rings. The molecule has 1 atom stereocenters. The maximum absolute atomic E-state index is 12.9. The average molecular weight is 438 g/mol. The van der Waals surface area contributed by atoms with Gasteiger partial charge >= 0.3 is 6.18 Å². The predicted octanol–water partition coefficient (Wildman–Crippen LogP) is 3.35. The second-order valence-corrected chi connectivity index (χ2v) is 8.67. The fourth-order valence-corrected chi connectivity index (χ4v) is 4.68. The van der Waals surface area contributed by atoms with Gasteiger partial charge in [0.15, 0.2) is 5.82 Å². The van der Waals surface area contributed by atoms with Crippen LogP contribution in [0.4, 0.5) is 13.2 Å². The molecule has 3 heterocycles. The van der Waals surface area contributed by atoms with Gasteiger partial charge in [-0.05, 0) is 49.8 Å². The summed E-state index contributed by atoms with van der Waals surface area (Å²) in [7, 11) is 0. The van der Waals surface area contributed by atoms with Crippen LogP contribution in [0, 0.1) is 5.92 Å². The summed E-state index contributed by atoms with van der Waals surface area (Å²) < 4.78 is 44.0. The van der Waals surface area contributed by atoms with E-state index in [-0.39, 0.29) is 13.0 Å². The Bertz CT molecular complexity index is 849. The predicted molar refractivity (Wildman–Crippen MR) is 108 cm³/mol. The molecule has 0 radical (unpaired) electrons. The molecule has 0 aliphatic carbocycles. The van der Waals surface area contributed by atoms with Crippen molar-refractivity contribution in [3.8, 4) is 0 Å². The number of hydrogen-bond acceptors (Lipinski definition) is 6. The second-order valence-electron chi connectivity index (χ2n) is 8.67. The maximum atomic E-state index is 12.9. The fourth-order valence-electron chi connectivity index (χ4n) is 4.68. The lowest BCUT2D eigenvalue weighted by Gasteiger charge is -2.41. The van der Waals surface area contributed by atoms with Crippen LogP contribution >= 0.6 is 0 Å². The molecule has 9 heteroatoms. The molecule has 31 heavy (non-hydrogen) atoms. The van der Waals surface area contributed by atoms with E-state index in [4.69, 9.17) is 4.52 Å². The third-order valence-corrected chi connectivity index (χ3v) is 6.37. The number of piperidine rings is 2. The highest BCUT2D eigenvalue weighted by molar-refractivity contribution is 5.27. The molecule has 0 saturated carbocycles. The van der Waals surface area contributed by atoms with Crippen LogP contribution in [-0.2, 0) is 19.1 Å². The van der Waals surface area contributed by atoms with Crippen molar-refractivity contribution in [1.29, 1.82) is 0 Å². The highest BCUT2D eigenvalue weighted by Gasteiger charge is 2.31. The van der Waals surface area contributed by atoms with E-state index in [2.05, 4.69) is 19.9 Å². The Kier molecular flexibility index (Phi) is 6.93. The van der Waals surface area contributed by atoms with Crippen LogP contribution in [-0.4, -0.2) is 63.9 Å². The summed E-state index contributed by atoms with van der Waals surface area (Å²) in [6, 6.07) is 5.78. The van der Waals surface area contributed by atoms with Gasteiger partial charge in [-0.15, -0.1) is 0 Å². The summed E-state index contributed by atoms with van der Waals surface area (Å²) in [6.07, 6.45) is 0.259. The quantitative estimate of drug-likeness (QED) is 0.746. The largest absolute Gasteiger partial charge is 0.416 e. The van der Waals surface area contributed by atoms with Gasteiger partial charge in [-0.3, -0.25) is 9.80 Å². The first kappa shape index (κ1) is 22.2. The summed E-state index contributed by atoms with van der Waals surface area (Å²) in [4.78, 5) is 9.20. The first-order valence-corrected chi connectivity index (χ1v) is 11.0. The van der Waals surface area contributed by atoms with Gasteiger partial charge in [0.1, 0.15) is 0 Å². The van der Waals surface area contributed by atoms with Gasteiger partial charge in [-0.25, -0.2) is 0 Å². The molecular formula is C22H29F3N4O2. The lowest BCUT2D eigenvalue weighted by atomic mass is 9.94. The van der Waals surface area contributed by atoms with E-state index in [1.807, 2.05) is 0 Å². The maximum Gasteiger partial charge on any atom is 0.416 e. The number of aromatic nitrogens is 2. The van der Waals surface area contributed by atoms with Crippen molar-refractivity contribution in [2.24, 2.45) is 5.92 Å². The summed E-state index contributed by atoms with van der Waals surface area (Å²) in [5, 5.41) is 13.4. The van der Waals surface area contributed by atoms with Crippen LogP contribution in [0.25, 0.3) is 0 Å². The molecule has 2 fully saturated rings. The number of likely N-dealkylation sites (tertiary alicyclic amines) is 2. The van der Waals surface area contributed by atoms with Gasteiger partial charge in [0, 0.05) is 38.7 Å². The minimum absolute atomic E-state index is 0.205. The molecule has 0 spiro atoms. The molecule has 0 bridgehead atoms. The molecular weight excluding hydrogens is 409 g/mol. The fraction of sp³-hybridized carbons (Fsp3) is 0.636. The zero-order valence-electron chi connectivity index (χ0n) is 17.5. The smallest absolute Gasteiger partial charge is 0.396 e. The third kappa shape index (κ3) is 5.84. The topological polar surface area (TPSA) is 65.6 Å². The minimum Gasteiger partial charge on any atom is -0.396 e. The molecule has 2 saturated heterocycles. The van der Waals surface area contributed by atoms with E-state index in [0.29, 0.717) is 35.8 Å². The van der Waals surface area contributed by atoms with Crippen molar-refractivity contribution in [3.05, 3.63) is 47.1 Å². The van der Waals surface area contributed by atoms with Gasteiger partial charge in [0.05, 0.1) is 12.1 Å². The molecule has 1 N–H and O–H groups in total. The highest BCUT2D eigenvalue weighted by Crippen LogP contribution is 2.30. The van der Waals surface area contributed by atoms with Crippen molar-refractivity contribution in [2.75, 3.05) is 32.8 Å². The number of alkyl halides is 3. The lowest BCUT2D eigenvalue weighted by Crippen LogP contribution is -2.48. The van der Waals surface area contributed by atoms with E-state index >= 15 is 0 Å². The van der Waals surface area contributed by atoms with E-state index in [9.17, 15) is 18.3 Å². The van der Waals surface area contributed by atoms with Crippen molar-refractivity contribution in [3.63, 3.8) is 0 Å². The molecule has 2 aliphatic rings. The highest BCUT2D eigenvalue weighted by atomic mass is 19.4. The molecule has 6 nitrogen and oxygen atoms in total. The number of benzene rings is 1. The zero-order valence-corrected chi connectivity index (χ0v) is 17.5. The monoisotopic (exact) mass is 438 g/mol. The number of aliphatic hydroxyl groups is 1. The number of halogens is 3. The Morgan fingerprint density at radius 3 is 2.68 bits per heavy atom. The van der Waals surface area contributed by atoms with Crippen LogP contribution in [0.15, 0.2) is 28.8 Å². The zero-order chi connectivity index (χ0) is 21.8. The van der Waals surface area contributed by atoms with Crippen molar-refractivity contribution in [2.45, 2.75) is 50.9 Å². The average Bonchev–Trinajstić information content (AvgIpc) is 3.20. The van der Waals surface area contributed by atoms with Gasteiger partial charge < -0.3 is 9.63 Å². The Labute approximate surface area is 180 Å². The van der Waals surface area contributed by atoms with Crippen molar-refractivity contribution >= 4 is 0 Å². The second kappa shape index (κ2) is 9.67. The summed E-state index contributed by atoms with van der Waals surface area (Å²) in [5.74, 6) is 1.30. The van der Waals surface area contributed by atoms with Gasteiger partial charge in [-0.2, -0.15) is 18.2 Å². The summed E-state index contributed by atoms with van der Waals surface area (Å²) in [6.45, 7) is 4.82. The van der Waals surface area contributed by atoms with Crippen molar-refractivity contribution < 1.29 is 22.8 Å². The Balaban J connectivity index is 1.27. The minimum atomic E-state index is -4.36. The van der Waals surface area contributed by atoms with E-state index < -0.39 is 11.7 Å². The SMILES string of the molecule is OC[C@H]1CCCN(C2CCN(Cc3nc(Cc4cccc(C(F)(F)F)c4)no3)CC2)C1. The summed E-state index contributed by atoms with van der Waals surface area (Å²) >= 11 is 0. The van der Waals surface area contributed by atoms with Crippen LogP contribution in [0.3, 0.4) is 0 Å². The Morgan fingerprint density at radius 1 is 1.13 bits per heavy atom. The van der Waals surface area contributed by atoms with Crippen LogP contribution in [0.1, 0.15) is 48.5 Å². The first-order chi connectivity index (χ1) is 14.9. The van der Waals surface area contributed by atoms with E-state index in [1.54, 1.807) is 6.07 Å². The van der Waals surface area contributed by atoms with Crippen LogP contribution in [0.5, 0.6) is 0 Å². The number of nitrogens with zero attached hydrogens (tertiary/aromatic N) is 4. The van der Waals surface area contributed by atoms with Gasteiger partial charge in [0.2, 0.25) is 5.89 Å². The summed E-state index contributed by atoms with van der Waals surface area (Å²) in [5.41, 5.74) is -0.165. The molecule has 170 valence electrons. The lowest BCUT2D eigenvalue weighted by molar-refractivity contribution is -0.137. The van der Waals surface area contributed by atoms with Crippen molar-refractivity contribution in [1.82, 2.24) is 19.9 Å². The van der Waals surface area contributed by atoms with Crippen LogP contribution in [0.2, 0.25) is 0 Å². The third-order valence-electron chi connectivity index (χ3n) is 6.37. The normalized spacial score (nSPS) is 22.1. The molecule has 0 amide bonds. The van der Waals surface area contributed by atoms with Gasteiger partial charge in [0.25, 0.3) is 0 Å². The molecule has 2 aliphatic heterocycles.